The number of sulfone groups is 1. The smallest absolute Gasteiger partial charge is 0.179 e. The van der Waals surface area contributed by atoms with E-state index in [0.717, 1.165) is 37.1 Å². The van der Waals surface area contributed by atoms with Gasteiger partial charge in [0.15, 0.2) is 9.84 Å². The quantitative estimate of drug-likeness (QED) is 0.863. The SMILES string of the molecule is Cl.O=S(=O)(CCN1CCCNCC1)c1ccc(Br)cc1. The summed E-state index contributed by atoms with van der Waals surface area (Å²) in [6, 6.07) is 6.85. The van der Waals surface area contributed by atoms with Crippen LogP contribution in [0.5, 0.6) is 0 Å². The molecule has 1 aliphatic heterocycles. The largest absolute Gasteiger partial charge is 0.315 e. The molecule has 1 aliphatic rings. The first kappa shape index (κ1) is 17.9. The van der Waals surface area contributed by atoms with Crippen LogP contribution in [0.15, 0.2) is 33.6 Å². The Morgan fingerprint density at radius 3 is 2.55 bits per heavy atom. The van der Waals surface area contributed by atoms with E-state index in [9.17, 15) is 8.42 Å². The van der Waals surface area contributed by atoms with Crippen LogP contribution in [0.4, 0.5) is 0 Å². The van der Waals surface area contributed by atoms with Crippen molar-refractivity contribution in [3.8, 4) is 0 Å². The maximum absolute atomic E-state index is 12.2. The molecule has 0 unspecified atom stereocenters. The van der Waals surface area contributed by atoms with Gasteiger partial charge in [-0.1, -0.05) is 15.9 Å². The minimum atomic E-state index is -3.17. The molecule has 0 aromatic heterocycles. The topological polar surface area (TPSA) is 49.4 Å². The number of halogens is 2. The Morgan fingerprint density at radius 1 is 1.15 bits per heavy atom. The van der Waals surface area contributed by atoms with Gasteiger partial charge in [0.05, 0.1) is 10.6 Å². The second kappa shape index (κ2) is 8.34. The number of hydrogen-bond donors (Lipinski definition) is 1. The number of nitrogens with one attached hydrogen (secondary N) is 1. The van der Waals surface area contributed by atoms with E-state index in [2.05, 4.69) is 26.1 Å². The Balaban J connectivity index is 0.00000200. The fraction of sp³-hybridized carbons (Fsp3) is 0.538. The van der Waals surface area contributed by atoms with Gasteiger partial charge in [-0.25, -0.2) is 8.42 Å². The van der Waals surface area contributed by atoms with E-state index in [1.165, 1.54) is 0 Å². The third-order valence-electron chi connectivity index (χ3n) is 3.28. The summed E-state index contributed by atoms with van der Waals surface area (Å²) in [5.74, 6) is 0.189. The van der Waals surface area contributed by atoms with Gasteiger partial charge in [-0.3, -0.25) is 0 Å². The third-order valence-corrected chi connectivity index (χ3v) is 5.52. The Kier molecular flexibility index (Phi) is 7.47. The van der Waals surface area contributed by atoms with Crippen LogP contribution in [0, 0.1) is 0 Å². The molecule has 0 atom stereocenters. The molecule has 114 valence electrons. The Bertz CT molecular complexity index is 500. The van der Waals surface area contributed by atoms with Gasteiger partial charge in [-0.05, 0) is 43.8 Å². The van der Waals surface area contributed by atoms with Crippen LogP contribution in [-0.4, -0.2) is 51.8 Å². The number of hydrogen-bond acceptors (Lipinski definition) is 4. The molecule has 1 aromatic rings. The molecule has 0 aliphatic carbocycles. The summed E-state index contributed by atoms with van der Waals surface area (Å²) in [5, 5.41) is 3.32. The van der Waals surface area contributed by atoms with E-state index >= 15 is 0 Å². The summed E-state index contributed by atoms with van der Waals surface area (Å²) in [6.45, 7) is 4.48. The lowest BCUT2D eigenvalue weighted by Gasteiger charge is -2.19. The fourth-order valence-corrected chi connectivity index (χ4v) is 3.68. The minimum Gasteiger partial charge on any atom is -0.315 e. The molecule has 20 heavy (non-hydrogen) atoms. The van der Waals surface area contributed by atoms with Crippen LogP contribution in [0.25, 0.3) is 0 Å². The van der Waals surface area contributed by atoms with Crippen LogP contribution in [0.1, 0.15) is 6.42 Å². The van der Waals surface area contributed by atoms with Crippen molar-refractivity contribution >= 4 is 38.2 Å². The molecule has 4 nitrogen and oxygen atoms in total. The number of benzene rings is 1. The lowest BCUT2D eigenvalue weighted by Crippen LogP contribution is -2.32. The van der Waals surface area contributed by atoms with E-state index in [1.54, 1.807) is 24.3 Å². The van der Waals surface area contributed by atoms with E-state index in [-0.39, 0.29) is 18.2 Å². The van der Waals surface area contributed by atoms with Gasteiger partial charge >= 0.3 is 0 Å². The lowest BCUT2D eigenvalue weighted by atomic mass is 10.4. The molecule has 1 fully saturated rings. The highest BCUT2D eigenvalue weighted by atomic mass is 79.9. The monoisotopic (exact) mass is 382 g/mol. The van der Waals surface area contributed by atoms with Crippen molar-refractivity contribution in [1.29, 1.82) is 0 Å². The number of rotatable bonds is 4. The highest BCUT2D eigenvalue weighted by Gasteiger charge is 2.17. The lowest BCUT2D eigenvalue weighted by molar-refractivity contribution is 0.309. The zero-order valence-corrected chi connectivity index (χ0v) is 14.4. The minimum absolute atomic E-state index is 0. The predicted molar refractivity (Wildman–Crippen MR) is 87.4 cm³/mol. The average molecular weight is 384 g/mol. The van der Waals surface area contributed by atoms with Crippen molar-refractivity contribution < 1.29 is 8.42 Å². The van der Waals surface area contributed by atoms with Gasteiger partial charge in [0.1, 0.15) is 0 Å². The van der Waals surface area contributed by atoms with Crippen LogP contribution in [0.2, 0.25) is 0 Å². The first-order valence-electron chi connectivity index (χ1n) is 6.49. The van der Waals surface area contributed by atoms with Gasteiger partial charge in [0.25, 0.3) is 0 Å². The highest BCUT2D eigenvalue weighted by Crippen LogP contribution is 2.16. The molecule has 0 saturated carbocycles. The normalized spacial score (nSPS) is 17.2. The van der Waals surface area contributed by atoms with E-state index < -0.39 is 9.84 Å². The molecular formula is C13H20BrClN2O2S. The standard InChI is InChI=1S/C13H19BrN2O2S.ClH/c14-12-2-4-13(5-3-12)19(17,18)11-10-16-8-1-6-15-7-9-16;/h2-5,15H,1,6-11H2;1H. The van der Waals surface area contributed by atoms with Gasteiger partial charge in [0, 0.05) is 24.1 Å². The van der Waals surface area contributed by atoms with Crippen LogP contribution in [-0.2, 0) is 9.84 Å². The van der Waals surface area contributed by atoms with Crippen molar-refractivity contribution in [3.63, 3.8) is 0 Å². The molecule has 1 N–H and O–H groups in total. The van der Waals surface area contributed by atoms with Crippen LogP contribution < -0.4 is 5.32 Å². The van der Waals surface area contributed by atoms with Gasteiger partial charge in [-0.2, -0.15) is 0 Å². The molecule has 0 spiro atoms. The van der Waals surface area contributed by atoms with Crippen molar-refractivity contribution in [2.24, 2.45) is 0 Å². The zero-order chi connectivity index (χ0) is 13.7. The fourth-order valence-electron chi connectivity index (χ4n) is 2.13. The van der Waals surface area contributed by atoms with E-state index in [1.807, 2.05) is 0 Å². The summed E-state index contributed by atoms with van der Waals surface area (Å²) in [6.07, 6.45) is 1.08. The highest BCUT2D eigenvalue weighted by molar-refractivity contribution is 9.10. The molecular weight excluding hydrogens is 364 g/mol. The molecule has 1 saturated heterocycles. The molecule has 1 heterocycles. The summed E-state index contributed by atoms with van der Waals surface area (Å²) in [4.78, 5) is 2.62. The van der Waals surface area contributed by atoms with Crippen molar-refractivity contribution in [1.82, 2.24) is 10.2 Å². The Labute approximate surface area is 135 Å². The van der Waals surface area contributed by atoms with Gasteiger partial charge in [-0.15, -0.1) is 12.4 Å². The average Bonchev–Trinajstić information content (AvgIpc) is 2.65. The molecule has 0 bridgehead atoms. The van der Waals surface area contributed by atoms with Crippen molar-refractivity contribution in [2.75, 3.05) is 38.5 Å². The second-order valence-electron chi connectivity index (χ2n) is 4.72. The maximum atomic E-state index is 12.2. The second-order valence-corrected chi connectivity index (χ2v) is 7.74. The summed E-state index contributed by atoms with van der Waals surface area (Å²) < 4.78 is 25.3. The van der Waals surface area contributed by atoms with Gasteiger partial charge < -0.3 is 10.2 Å². The predicted octanol–water partition coefficient (Wildman–Crippen LogP) is 1.94. The van der Waals surface area contributed by atoms with Crippen LogP contribution in [0.3, 0.4) is 0 Å². The van der Waals surface area contributed by atoms with E-state index in [4.69, 9.17) is 0 Å². The zero-order valence-electron chi connectivity index (χ0n) is 11.2. The van der Waals surface area contributed by atoms with Crippen molar-refractivity contribution in [3.05, 3.63) is 28.7 Å². The summed E-state index contributed by atoms with van der Waals surface area (Å²) in [5.41, 5.74) is 0. The van der Waals surface area contributed by atoms with Gasteiger partial charge in [0.2, 0.25) is 0 Å². The molecule has 0 radical (unpaired) electrons. The Hall–Kier alpha value is -0.140. The molecule has 0 amide bonds. The first-order chi connectivity index (χ1) is 9.08. The molecule has 7 heteroatoms. The first-order valence-corrected chi connectivity index (χ1v) is 8.94. The number of nitrogens with zero attached hydrogens (tertiary/aromatic N) is 1. The third kappa shape index (κ3) is 5.33. The maximum Gasteiger partial charge on any atom is 0.179 e. The summed E-state index contributed by atoms with van der Waals surface area (Å²) >= 11 is 3.31. The van der Waals surface area contributed by atoms with Crippen molar-refractivity contribution in [2.45, 2.75) is 11.3 Å². The Morgan fingerprint density at radius 2 is 1.85 bits per heavy atom. The molecule has 1 aromatic carbocycles. The summed E-state index contributed by atoms with van der Waals surface area (Å²) in [7, 11) is -3.17. The molecule has 2 rings (SSSR count). The van der Waals surface area contributed by atoms with Crippen LogP contribution >= 0.6 is 28.3 Å². The van der Waals surface area contributed by atoms with E-state index in [0.29, 0.717) is 11.4 Å².